The van der Waals surface area contributed by atoms with Crippen molar-refractivity contribution in [2.45, 2.75) is 241 Å². The maximum atomic E-state index is 14.1. The number of hydrogen-bond donors (Lipinski definition) is 10. The number of aryl methyl sites for hydroxylation is 5. The number of nitrogens with one attached hydrogen (secondary N) is 5. The monoisotopic (exact) mass is 2150 g/mol. The lowest BCUT2D eigenvalue weighted by molar-refractivity contribution is 0.259. The zero-order valence-corrected chi connectivity index (χ0v) is 89.6. The Morgan fingerprint density at radius 2 is 0.604 bits per heavy atom. The summed E-state index contributed by atoms with van der Waals surface area (Å²) in [5, 5.41) is 72.7. The molecule has 41 heteroatoms. The van der Waals surface area contributed by atoms with Crippen molar-refractivity contribution in [2.24, 2.45) is 29.6 Å². The lowest BCUT2D eigenvalue weighted by Crippen LogP contribution is -2.26. The van der Waals surface area contributed by atoms with E-state index in [0.29, 0.717) is 151 Å². The minimum Gasteiger partial charge on any atom is -0.394 e. The van der Waals surface area contributed by atoms with E-state index >= 15 is 0 Å². The predicted molar refractivity (Wildman–Crippen MR) is 573 cm³/mol. The minimum absolute atomic E-state index is 0. The van der Waals surface area contributed by atoms with E-state index in [9.17, 15) is 47.5 Å². The van der Waals surface area contributed by atoms with Gasteiger partial charge in [-0.3, -0.25) is 0 Å². The van der Waals surface area contributed by atoms with Crippen molar-refractivity contribution in [3.05, 3.63) is 202 Å². The highest BCUT2D eigenvalue weighted by molar-refractivity contribution is 9.10. The van der Waals surface area contributed by atoms with Gasteiger partial charge in [-0.25, -0.2) is 96.7 Å². The number of aliphatic hydroxyl groups excluding tert-OH is 5. The highest BCUT2D eigenvalue weighted by Crippen LogP contribution is 2.42. The van der Waals surface area contributed by atoms with E-state index in [1.54, 1.807) is 77.3 Å². The molecule has 0 aliphatic carbocycles. The minimum atomic E-state index is -0.261. The van der Waals surface area contributed by atoms with Crippen LogP contribution in [0, 0.1) is 93.3 Å². The first-order valence-electron chi connectivity index (χ1n) is 45.2. The van der Waals surface area contributed by atoms with Gasteiger partial charge in [-0.1, -0.05) is 218 Å². The lowest BCUT2D eigenvalue weighted by Gasteiger charge is -2.19. The zero-order valence-electron chi connectivity index (χ0n) is 79.9. The van der Waals surface area contributed by atoms with Crippen LogP contribution < -0.4 is 26.6 Å². The van der Waals surface area contributed by atoms with E-state index < -0.39 is 0 Å². The standard InChI is InChI=1S/2C20H25FN4OS2.C19H22BrFN4OS2.2C19H23FN4OS2.CH4/c1-11(2)9-16(10-26)23-19-17-18(22-13(4)28-17)24-20(25-19)27-12(3)14-5-7-15(21)8-6-14;1-11(2)9-14(10-26)23-19-17-18(22-13(4)28-17)24-20(25-19)27-12(3)15-7-5-6-8-16(15)21;1-10(2)6-14(8-26)23-18-16-17(22-11(3)28-16)24-19(25-18)27-9-12-4-5-13(20)7-15(12)21;1-11(2)8-15(9-25)22-18-16-17(21-12(3)27-16)23-19(24-18)26-10-13-4-6-14(20)7-5-13;1-11(2)8-14(9-25)22-18-16-17(21-12(3)27-16)23-19(24-18)26-10-13-6-4-5-7-15(13)20;/h5-8,11-12,16,26H,9-10H2,1-4H3,(H,23,24,25);5-8,11-12,14,26H,9-10H2,1-4H3,(H,23,24,25);4-5,7,10,14,26H,6,8-9H2,1-3H3,(H,23,24,25);4-7,11,15,25H,8-10H2,1-3H3,(H,22,23,24);4-7,11,14,25H,8-10H2,1-3H3,(H,22,23,24);1H4/t12?,16-;12?,14-;14-;15-;14-;/m11111./s1/i;;;;20-1;. The molecule has 15 rings (SSSR count). The molecule has 25 nitrogen and oxygen atoms in total. The van der Waals surface area contributed by atoms with Crippen molar-refractivity contribution < 1.29 is 47.5 Å². The molecule has 746 valence electrons. The van der Waals surface area contributed by atoms with Crippen molar-refractivity contribution in [1.82, 2.24) is 74.8 Å². The molecule has 0 amide bonds. The van der Waals surface area contributed by atoms with Crippen molar-refractivity contribution in [3.63, 3.8) is 0 Å². The van der Waals surface area contributed by atoms with Crippen LogP contribution in [0.25, 0.3) is 51.7 Å². The van der Waals surface area contributed by atoms with Crippen LogP contribution in [0.15, 0.2) is 146 Å². The number of anilines is 5. The first-order chi connectivity index (χ1) is 66.0. The molecule has 10 N–H and O–H groups in total. The lowest BCUT2D eigenvalue weighted by atomic mass is 10.0. The van der Waals surface area contributed by atoms with E-state index in [1.165, 1.54) is 135 Å². The molecule has 0 radical (unpaired) electrons. The number of aromatic nitrogens is 15. The summed E-state index contributed by atoms with van der Waals surface area (Å²) in [7, 11) is 0. The van der Waals surface area contributed by atoms with Crippen molar-refractivity contribution >= 4 is 212 Å². The van der Waals surface area contributed by atoms with E-state index in [-0.39, 0.29) is 110 Å². The summed E-state index contributed by atoms with van der Waals surface area (Å²) in [4.78, 5) is 68.6. The third-order valence-electron chi connectivity index (χ3n) is 20.5. The topological polar surface area (TPSA) is 355 Å². The molecular formula is C98H122BrF5N20O5S10. The Morgan fingerprint density at radius 1 is 0.317 bits per heavy atom. The number of thioether (sulfide) groups is 5. The number of rotatable bonds is 40. The number of nitrogens with zero attached hydrogens (tertiary/aromatic N) is 15. The number of benzene rings is 5. The van der Waals surface area contributed by atoms with E-state index in [1.807, 2.05) is 66.7 Å². The molecule has 2 unspecified atom stereocenters. The van der Waals surface area contributed by atoms with Crippen LogP contribution in [0.5, 0.6) is 0 Å². The molecule has 10 heterocycles. The molecule has 0 spiro atoms. The number of aliphatic hydroxyl groups is 5. The highest BCUT2D eigenvalue weighted by atomic mass is 79.9. The van der Waals surface area contributed by atoms with Gasteiger partial charge < -0.3 is 52.1 Å². The van der Waals surface area contributed by atoms with Gasteiger partial charge in [-0.05, 0) is 181 Å². The molecule has 15 aromatic rings. The fourth-order valence-corrected chi connectivity index (χ4v) is 22.9. The second-order valence-corrected chi connectivity index (χ2v) is 47.3. The normalized spacial score (nSPS) is 13.0. The van der Waals surface area contributed by atoms with Gasteiger partial charge in [0.05, 0.1) is 88.3 Å². The molecule has 0 saturated heterocycles. The summed E-state index contributed by atoms with van der Waals surface area (Å²) in [5.74, 6) is 6.00. The third-order valence-corrected chi connectivity index (χ3v) is 30.6. The van der Waals surface area contributed by atoms with Crippen LogP contribution in [0.2, 0.25) is 0 Å². The van der Waals surface area contributed by atoms with Gasteiger partial charge in [0.15, 0.2) is 83.1 Å². The van der Waals surface area contributed by atoms with Gasteiger partial charge in [-0.15, -0.1) is 56.7 Å². The Kier molecular flexibility index (Phi) is 44.5. The molecular weight excluding hydrogens is 2030 g/mol. The van der Waals surface area contributed by atoms with E-state index in [2.05, 4.69) is 182 Å². The van der Waals surface area contributed by atoms with E-state index in [4.69, 9.17) is 4.98 Å². The Morgan fingerprint density at radius 3 is 0.921 bits per heavy atom. The fraction of sp³-hybridized carbons (Fsp3) is 0.439. The molecule has 0 bridgehead atoms. The van der Waals surface area contributed by atoms with Crippen LogP contribution in [0.4, 0.5) is 51.0 Å². The molecule has 10 aromatic heterocycles. The van der Waals surface area contributed by atoms with Crippen molar-refractivity contribution in [1.29, 1.82) is 0 Å². The van der Waals surface area contributed by atoms with Crippen LogP contribution >= 0.6 is 131 Å². The maximum absolute atomic E-state index is 14.1. The third kappa shape index (κ3) is 34.4. The molecule has 5 aromatic carbocycles. The molecule has 0 fully saturated rings. The smallest absolute Gasteiger partial charge is 0.192 e. The number of thiazole rings is 5. The quantitative estimate of drug-likeness (QED) is 0.00969. The summed E-state index contributed by atoms with van der Waals surface area (Å²) in [6.45, 7) is 35.0. The van der Waals surface area contributed by atoms with Crippen LogP contribution in [-0.2, 0) is 17.3 Å². The van der Waals surface area contributed by atoms with Crippen LogP contribution in [-0.4, -0.2) is 164 Å². The Balaban J connectivity index is 0.000000179. The maximum Gasteiger partial charge on any atom is 0.192 e. The fourth-order valence-electron chi connectivity index (χ4n) is 14.3. The molecule has 7 atom stereocenters. The summed E-state index contributed by atoms with van der Waals surface area (Å²) >= 11 is 18.1. The van der Waals surface area contributed by atoms with Gasteiger partial charge >= 0.3 is 0 Å². The van der Waals surface area contributed by atoms with Gasteiger partial charge in [0.2, 0.25) is 0 Å². The number of fused-ring (bicyclic) bond motifs is 5. The van der Waals surface area contributed by atoms with Crippen LogP contribution in [0.3, 0.4) is 0 Å². The van der Waals surface area contributed by atoms with E-state index in [0.717, 1.165) is 91.8 Å². The molecule has 0 aliphatic heterocycles. The first-order valence-corrected chi connectivity index (χ1v) is 54.8. The van der Waals surface area contributed by atoms with Gasteiger partial charge in [0, 0.05) is 37.8 Å². The Bertz CT molecular complexity index is 6430. The Hall–Kier alpha value is -8.37. The molecule has 0 aliphatic rings. The zero-order chi connectivity index (χ0) is 99.6. The summed E-state index contributed by atoms with van der Waals surface area (Å²) < 4.78 is 73.5. The summed E-state index contributed by atoms with van der Waals surface area (Å²) in [6.07, 6.45) is 4.17. The molecule has 139 heavy (non-hydrogen) atoms. The second-order valence-electron chi connectivity index (χ2n) is 34.9. The average molecular weight is 2150 g/mol. The summed E-state index contributed by atoms with van der Waals surface area (Å²) in [6, 6.07) is 31.0. The van der Waals surface area contributed by atoms with Crippen molar-refractivity contribution in [3.8, 4) is 0 Å². The van der Waals surface area contributed by atoms with Crippen LogP contribution in [0.1, 0.15) is 186 Å². The SMILES string of the molecule is C.Cc1nc2nc(SC(C)c3ccc(F)cc3)nc(N[C@@H](CO)CC(C)C)c2s1.Cc1nc2nc(SC(C)c3ccccc3F)nc(N[C@@H](CO)CC(C)C)c2s1.Cc1nc2nc(SCc3ccc(Br)cc3F)nc(N[C@@H](CO)CC(C)C)c2s1.Cc1nc2nc(SCc3ccc(F)cc3)nc(N[C@@H](CO)CC(C)C)c2s1.Cc1nc2nc(SCc3ccccc3[18F])nc(N[C@@H](CO)CC(C)C)c2s1. The summed E-state index contributed by atoms with van der Waals surface area (Å²) in [5.41, 5.74) is 7.05. The number of halogens is 6. The largest absolute Gasteiger partial charge is 0.394 e. The highest BCUT2D eigenvalue weighted by Gasteiger charge is 2.27. The van der Waals surface area contributed by atoms with Gasteiger partial charge in [0.1, 0.15) is 52.6 Å². The second kappa shape index (κ2) is 54.9. The Labute approximate surface area is 859 Å². The van der Waals surface area contributed by atoms with Gasteiger partial charge in [-0.2, -0.15) is 0 Å². The van der Waals surface area contributed by atoms with Crippen molar-refractivity contribution in [2.75, 3.05) is 59.6 Å². The predicted octanol–water partition coefficient (Wildman–Crippen LogP) is 25.7. The van der Waals surface area contributed by atoms with Gasteiger partial charge in [0.25, 0.3) is 0 Å². The average Bonchev–Trinajstić information content (AvgIpc) is 1.66. The first kappa shape index (κ1) is 113. The molecule has 0 saturated carbocycles. The number of hydrogen-bond acceptors (Lipinski definition) is 35.